The number of piperidine rings is 1. The van der Waals surface area contributed by atoms with Crippen LogP contribution < -0.4 is 5.32 Å². The minimum absolute atomic E-state index is 0.873. The van der Waals surface area contributed by atoms with Crippen molar-refractivity contribution in [2.75, 3.05) is 26.2 Å². The van der Waals surface area contributed by atoms with E-state index in [0.29, 0.717) is 0 Å². The predicted molar refractivity (Wildman–Crippen MR) is 69.8 cm³/mol. The van der Waals surface area contributed by atoms with Gasteiger partial charge in [-0.05, 0) is 44.9 Å². The second-order valence-electron chi connectivity index (χ2n) is 5.02. The van der Waals surface area contributed by atoms with E-state index in [4.69, 9.17) is 0 Å². The summed E-state index contributed by atoms with van der Waals surface area (Å²) in [5.41, 5.74) is 1.31. The average Bonchev–Trinajstić information content (AvgIpc) is 2.74. The van der Waals surface area contributed by atoms with Gasteiger partial charge in [0.15, 0.2) is 0 Å². The van der Waals surface area contributed by atoms with Gasteiger partial charge in [0, 0.05) is 19.8 Å². The van der Waals surface area contributed by atoms with Crippen molar-refractivity contribution in [1.82, 2.24) is 19.8 Å². The van der Waals surface area contributed by atoms with Crippen molar-refractivity contribution in [3.63, 3.8) is 0 Å². The normalized spacial score (nSPS) is 18.7. The molecular formula is C13H24N4. The van der Waals surface area contributed by atoms with E-state index in [2.05, 4.69) is 33.7 Å². The van der Waals surface area contributed by atoms with Crippen LogP contribution in [0.15, 0.2) is 12.5 Å². The van der Waals surface area contributed by atoms with Gasteiger partial charge in [-0.3, -0.25) is 4.90 Å². The van der Waals surface area contributed by atoms with Crippen LogP contribution in [0, 0.1) is 5.92 Å². The quantitative estimate of drug-likeness (QED) is 0.835. The summed E-state index contributed by atoms with van der Waals surface area (Å²) < 4.78 is 2.12. The minimum Gasteiger partial charge on any atom is -0.337 e. The number of nitrogens with one attached hydrogen (secondary N) is 1. The van der Waals surface area contributed by atoms with Crippen LogP contribution in [0.25, 0.3) is 0 Å². The van der Waals surface area contributed by atoms with Crippen molar-refractivity contribution in [1.29, 1.82) is 0 Å². The van der Waals surface area contributed by atoms with Crippen LogP contribution in [0.3, 0.4) is 0 Å². The minimum atomic E-state index is 0.873. The van der Waals surface area contributed by atoms with Gasteiger partial charge in [-0.2, -0.15) is 0 Å². The van der Waals surface area contributed by atoms with E-state index >= 15 is 0 Å². The molecule has 0 aliphatic carbocycles. The predicted octanol–water partition coefficient (Wildman–Crippen LogP) is 1.24. The van der Waals surface area contributed by atoms with Crippen molar-refractivity contribution < 1.29 is 0 Å². The first kappa shape index (κ1) is 12.6. The molecule has 1 aromatic rings. The van der Waals surface area contributed by atoms with Crippen LogP contribution in [-0.2, 0) is 13.6 Å². The van der Waals surface area contributed by atoms with Crippen LogP contribution in [0.1, 0.15) is 25.5 Å². The summed E-state index contributed by atoms with van der Waals surface area (Å²) >= 11 is 0. The number of aryl methyl sites for hydroxylation is 1. The van der Waals surface area contributed by atoms with Gasteiger partial charge in [0.2, 0.25) is 0 Å². The molecule has 4 nitrogen and oxygen atoms in total. The lowest BCUT2D eigenvalue weighted by Gasteiger charge is -2.31. The molecule has 0 saturated carbocycles. The highest BCUT2D eigenvalue weighted by Gasteiger charge is 2.19. The molecule has 1 aliphatic heterocycles. The third-order valence-corrected chi connectivity index (χ3v) is 3.69. The Morgan fingerprint density at radius 3 is 2.76 bits per heavy atom. The van der Waals surface area contributed by atoms with Gasteiger partial charge < -0.3 is 9.88 Å². The molecular weight excluding hydrogens is 212 g/mol. The van der Waals surface area contributed by atoms with Gasteiger partial charge in [-0.15, -0.1) is 0 Å². The second kappa shape index (κ2) is 6.17. The van der Waals surface area contributed by atoms with Crippen molar-refractivity contribution >= 4 is 0 Å². The third kappa shape index (κ3) is 3.54. The van der Waals surface area contributed by atoms with E-state index in [-0.39, 0.29) is 0 Å². The summed E-state index contributed by atoms with van der Waals surface area (Å²) in [6, 6.07) is 0. The summed E-state index contributed by atoms with van der Waals surface area (Å²) in [7, 11) is 2.07. The molecule has 0 atom stereocenters. The van der Waals surface area contributed by atoms with E-state index < -0.39 is 0 Å². The van der Waals surface area contributed by atoms with Crippen molar-refractivity contribution in [2.24, 2.45) is 13.0 Å². The molecule has 96 valence electrons. The van der Waals surface area contributed by atoms with Gasteiger partial charge in [0.25, 0.3) is 0 Å². The summed E-state index contributed by atoms with van der Waals surface area (Å²) in [4.78, 5) is 6.71. The van der Waals surface area contributed by atoms with E-state index in [1.807, 2.05) is 12.5 Å². The Hall–Kier alpha value is -0.870. The highest BCUT2D eigenvalue weighted by molar-refractivity contribution is 4.97. The maximum Gasteiger partial charge on any atom is 0.0945 e. The highest BCUT2D eigenvalue weighted by Crippen LogP contribution is 2.18. The molecule has 1 aromatic heterocycles. The van der Waals surface area contributed by atoms with Crippen molar-refractivity contribution in [2.45, 2.75) is 26.3 Å². The molecule has 1 aliphatic rings. The smallest absolute Gasteiger partial charge is 0.0945 e. The molecule has 0 aromatic carbocycles. The average molecular weight is 236 g/mol. The Balaban J connectivity index is 1.74. The lowest BCUT2D eigenvalue weighted by molar-refractivity contribution is 0.173. The number of aromatic nitrogens is 2. The molecule has 0 spiro atoms. The first-order chi connectivity index (χ1) is 8.29. The molecule has 1 fully saturated rings. The fraction of sp³-hybridized carbons (Fsp3) is 0.769. The topological polar surface area (TPSA) is 33.1 Å². The Bertz CT molecular complexity index is 326. The second-order valence-corrected chi connectivity index (χ2v) is 5.02. The first-order valence-corrected chi connectivity index (χ1v) is 6.68. The summed E-state index contributed by atoms with van der Waals surface area (Å²) in [5.74, 6) is 0.873. The third-order valence-electron chi connectivity index (χ3n) is 3.69. The van der Waals surface area contributed by atoms with Crippen LogP contribution in [0.5, 0.6) is 0 Å². The largest absolute Gasteiger partial charge is 0.337 e. The lowest BCUT2D eigenvalue weighted by Crippen LogP contribution is -2.37. The number of hydrogen-bond donors (Lipinski definition) is 1. The fourth-order valence-electron chi connectivity index (χ4n) is 2.46. The van der Waals surface area contributed by atoms with Gasteiger partial charge in [-0.25, -0.2) is 4.98 Å². The van der Waals surface area contributed by atoms with Gasteiger partial charge in [0.1, 0.15) is 0 Å². The molecule has 1 N–H and O–H groups in total. The van der Waals surface area contributed by atoms with Gasteiger partial charge >= 0.3 is 0 Å². The summed E-state index contributed by atoms with van der Waals surface area (Å²) in [5, 5.41) is 3.45. The summed E-state index contributed by atoms with van der Waals surface area (Å²) in [6.07, 6.45) is 6.51. The molecule has 2 rings (SSSR count). The van der Waals surface area contributed by atoms with Crippen LogP contribution in [0.2, 0.25) is 0 Å². The zero-order valence-electron chi connectivity index (χ0n) is 11.0. The molecule has 0 bridgehead atoms. The Labute approximate surface area is 104 Å². The standard InChI is InChI=1S/C13H24N4/c1-3-14-8-12-4-6-17(7-5-12)10-13-9-15-11-16(13)2/h9,11-12,14H,3-8,10H2,1-2H3. The van der Waals surface area contributed by atoms with Crippen LogP contribution in [-0.4, -0.2) is 40.6 Å². The number of nitrogens with zero attached hydrogens (tertiary/aromatic N) is 3. The van der Waals surface area contributed by atoms with E-state index in [9.17, 15) is 0 Å². The molecule has 17 heavy (non-hydrogen) atoms. The van der Waals surface area contributed by atoms with Gasteiger partial charge in [0.05, 0.1) is 12.0 Å². The zero-order chi connectivity index (χ0) is 12.1. The van der Waals surface area contributed by atoms with E-state index in [0.717, 1.165) is 19.0 Å². The monoisotopic (exact) mass is 236 g/mol. The number of imidazole rings is 1. The first-order valence-electron chi connectivity index (χ1n) is 6.68. The molecule has 0 unspecified atom stereocenters. The lowest BCUT2D eigenvalue weighted by atomic mass is 9.97. The van der Waals surface area contributed by atoms with Crippen molar-refractivity contribution in [3.05, 3.63) is 18.2 Å². The zero-order valence-corrected chi connectivity index (χ0v) is 11.0. The Kier molecular flexibility index (Phi) is 4.57. The molecule has 2 heterocycles. The van der Waals surface area contributed by atoms with Crippen LogP contribution in [0.4, 0.5) is 0 Å². The molecule has 0 radical (unpaired) electrons. The maximum absolute atomic E-state index is 4.17. The summed E-state index contributed by atoms with van der Waals surface area (Å²) in [6.45, 7) is 7.95. The van der Waals surface area contributed by atoms with E-state index in [1.54, 1.807) is 0 Å². The fourth-order valence-corrected chi connectivity index (χ4v) is 2.46. The van der Waals surface area contributed by atoms with Crippen molar-refractivity contribution in [3.8, 4) is 0 Å². The van der Waals surface area contributed by atoms with Crippen LogP contribution >= 0.6 is 0 Å². The molecule has 1 saturated heterocycles. The highest BCUT2D eigenvalue weighted by atomic mass is 15.2. The molecule has 4 heteroatoms. The Morgan fingerprint density at radius 1 is 1.41 bits per heavy atom. The molecule has 0 amide bonds. The number of hydrogen-bond acceptors (Lipinski definition) is 3. The van der Waals surface area contributed by atoms with E-state index in [1.165, 1.54) is 38.2 Å². The maximum atomic E-state index is 4.17. The number of rotatable bonds is 5. The number of likely N-dealkylation sites (tertiary alicyclic amines) is 1. The Morgan fingerprint density at radius 2 is 2.18 bits per heavy atom. The SMILES string of the molecule is CCNCC1CCN(Cc2cncn2C)CC1. The van der Waals surface area contributed by atoms with Gasteiger partial charge in [-0.1, -0.05) is 6.92 Å².